The number of benzene rings is 1. The molecular weight excluding hydrogens is 338 g/mol. The van der Waals surface area contributed by atoms with Crippen LogP contribution in [0.15, 0.2) is 62.9 Å². The van der Waals surface area contributed by atoms with Crippen molar-refractivity contribution in [3.63, 3.8) is 0 Å². The molecule has 2 heterocycles. The van der Waals surface area contributed by atoms with Crippen LogP contribution in [0.2, 0.25) is 0 Å². The minimum atomic E-state index is 0.495. The molecule has 0 atom stereocenters. The highest BCUT2D eigenvalue weighted by atomic mass is 79.9. The van der Waals surface area contributed by atoms with Crippen molar-refractivity contribution in [2.24, 2.45) is 0 Å². The van der Waals surface area contributed by atoms with Crippen LogP contribution in [0.3, 0.4) is 0 Å². The molecule has 1 aromatic carbocycles. The van der Waals surface area contributed by atoms with Gasteiger partial charge >= 0.3 is 0 Å². The van der Waals surface area contributed by atoms with Gasteiger partial charge in [-0.05, 0) is 29.8 Å². The highest BCUT2D eigenvalue weighted by Crippen LogP contribution is 2.26. The molecule has 0 aliphatic carbocycles. The van der Waals surface area contributed by atoms with E-state index in [-0.39, 0.29) is 0 Å². The van der Waals surface area contributed by atoms with Crippen molar-refractivity contribution in [3.05, 3.63) is 58.8 Å². The van der Waals surface area contributed by atoms with E-state index in [1.54, 1.807) is 12.4 Å². The Balaban J connectivity index is 1.69. The molecule has 0 radical (unpaired) electrons. The molecular formula is C14H10BrN3OS. The fourth-order valence-electron chi connectivity index (χ4n) is 1.65. The van der Waals surface area contributed by atoms with Crippen LogP contribution in [0.5, 0.6) is 0 Å². The van der Waals surface area contributed by atoms with Crippen LogP contribution >= 0.6 is 27.7 Å². The summed E-state index contributed by atoms with van der Waals surface area (Å²) in [6.07, 6.45) is 3.42. The molecule has 0 N–H and O–H groups in total. The van der Waals surface area contributed by atoms with E-state index in [0.717, 1.165) is 15.8 Å². The van der Waals surface area contributed by atoms with Crippen LogP contribution in [-0.2, 0) is 5.75 Å². The highest BCUT2D eigenvalue weighted by molar-refractivity contribution is 9.10. The third-order valence-corrected chi connectivity index (χ3v) is 3.95. The predicted octanol–water partition coefficient (Wildman–Crippen LogP) is 4.19. The first-order valence-electron chi connectivity index (χ1n) is 5.92. The van der Waals surface area contributed by atoms with Crippen molar-refractivity contribution in [3.8, 4) is 11.5 Å². The van der Waals surface area contributed by atoms with Gasteiger partial charge in [-0.1, -0.05) is 39.8 Å². The third-order valence-electron chi connectivity index (χ3n) is 2.57. The van der Waals surface area contributed by atoms with Gasteiger partial charge in [-0.2, -0.15) is 0 Å². The van der Waals surface area contributed by atoms with Gasteiger partial charge in [-0.25, -0.2) is 0 Å². The van der Waals surface area contributed by atoms with E-state index >= 15 is 0 Å². The summed E-state index contributed by atoms with van der Waals surface area (Å²) in [5.41, 5.74) is 2.03. The third kappa shape index (κ3) is 3.26. The molecule has 0 fully saturated rings. The molecule has 0 unspecified atom stereocenters. The Morgan fingerprint density at radius 1 is 1.15 bits per heavy atom. The molecule has 3 rings (SSSR count). The second kappa shape index (κ2) is 6.19. The summed E-state index contributed by atoms with van der Waals surface area (Å²) in [6, 6.07) is 11.9. The van der Waals surface area contributed by atoms with Crippen molar-refractivity contribution < 1.29 is 4.42 Å². The Kier molecular flexibility index (Phi) is 4.13. The predicted molar refractivity (Wildman–Crippen MR) is 81.2 cm³/mol. The minimum Gasteiger partial charge on any atom is -0.411 e. The van der Waals surface area contributed by atoms with E-state index in [1.807, 2.05) is 24.3 Å². The fourth-order valence-corrected chi connectivity index (χ4v) is 2.80. The molecule has 3 aromatic rings. The molecule has 0 aliphatic rings. The van der Waals surface area contributed by atoms with Crippen molar-refractivity contribution in [1.29, 1.82) is 0 Å². The summed E-state index contributed by atoms with van der Waals surface area (Å²) < 4.78 is 6.68. The van der Waals surface area contributed by atoms with Gasteiger partial charge in [0.2, 0.25) is 5.89 Å². The summed E-state index contributed by atoms with van der Waals surface area (Å²) in [5, 5.41) is 8.63. The van der Waals surface area contributed by atoms with E-state index < -0.39 is 0 Å². The summed E-state index contributed by atoms with van der Waals surface area (Å²) in [4.78, 5) is 4.03. The van der Waals surface area contributed by atoms with Gasteiger partial charge in [0, 0.05) is 22.6 Å². The second-order valence-electron chi connectivity index (χ2n) is 4.03. The number of rotatable bonds is 4. The zero-order valence-electron chi connectivity index (χ0n) is 10.4. The van der Waals surface area contributed by atoms with E-state index in [1.165, 1.54) is 17.3 Å². The maximum absolute atomic E-state index is 5.61. The largest absolute Gasteiger partial charge is 0.411 e. The Hall–Kier alpha value is -1.66. The Morgan fingerprint density at radius 3 is 2.90 bits per heavy atom. The number of thioether (sulfide) groups is 1. The average Bonchev–Trinajstić information content (AvgIpc) is 2.95. The molecule has 0 amide bonds. The van der Waals surface area contributed by atoms with Crippen LogP contribution in [0.25, 0.3) is 11.5 Å². The lowest BCUT2D eigenvalue weighted by atomic mass is 10.2. The first-order chi connectivity index (χ1) is 9.81. The van der Waals surface area contributed by atoms with Gasteiger partial charge in [0.15, 0.2) is 0 Å². The summed E-state index contributed by atoms with van der Waals surface area (Å²) >= 11 is 4.97. The Bertz CT molecular complexity index is 702. The fraction of sp³-hybridized carbons (Fsp3) is 0.0714. The molecule has 20 heavy (non-hydrogen) atoms. The first kappa shape index (κ1) is 13.3. The van der Waals surface area contributed by atoms with Crippen molar-refractivity contribution in [1.82, 2.24) is 15.2 Å². The standard InChI is InChI=1S/C14H10BrN3OS/c15-12-5-1-3-10(7-12)9-20-14-18-17-13(19-14)11-4-2-6-16-8-11/h1-8H,9H2. The number of nitrogens with zero attached hydrogens (tertiary/aromatic N) is 3. The van der Waals surface area contributed by atoms with E-state index in [2.05, 4.69) is 43.2 Å². The SMILES string of the molecule is Brc1cccc(CSc2nnc(-c3cccnc3)o2)c1. The van der Waals surface area contributed by atoms with Crippen molar-refractivity contribution in [2.45, 2.75) is 11.0 Å². The van der Waals surface area contributed by atoms with Crippen LogP contribution in [0.4, 0.5) is 0 Å². The quantitative estimate of drug-likeness (QED) is 0.662. The zero-order valence-corrected chi connectivity index (χ0v) is 12.8. The molecule has 4 nitrogen and oxygen atoms in total. The minimum absolute atomic E-state index is 0.495. The maximum atomic E-state index is 5.61. The number of hydrogen-bond acceptors (Lipinski definition) is 5. The maximum Gasteiger partial charge on any atom is 0.277 e. The molecule has 0 saturated heterocycles. The molecule has 2 aromatic heterocycles. The number of aromatic nitrogens is 3. The lowest BCUT2D eigenvalue weighted by molar-refractivity contribution is 0.465. The van der Waals surface area contributed by atoms with Crippen molar-refractivity contribution in [2.75, 3.05) is 0 Å². The monoisotopic (exact) mass is 347 g/mol. The summed E-state index contributed by atoms with van der Waals surface area (Å²) in [6.45, 7) is 0. The molecule has 0 saturated carbocycles. The second-order valence-corrected chi connectivity index (χ2v) is 5.88. The molecule has 100 valence electrons. The summed E-state index contributed by atoms with van der Waals surface area (Å²) in [5.74, 6) is 1.28. The van der Waals surface area contributed by atoms with Crippen LogP contribution in [0, 0.1) is 0 Å². The number of halogens is 1. The molecule has 0 aliphatic heterocycles. The van der Waals surface area contributed by atoms with Gasteiger partial charge in [-0.3, -0.25) is 4.98 Å². The van der Waals surface area contributed by atoms with Gasteiger partial charge < -0.3 is 4.42 Å². The average molecular weight is 348 g/mol. The van der Waals surface area contributed by atoms with Gasteiger partial charge in [0.1, 0.15) is 0 Å². The highest BCUT2D eigenvalue weighted by Gasteiger charge is 2.09. The Morgan fingerprint density at radius 2 is 2.10 bits per heavy atom. The van der Waals surface area contributed by atoms with Gasteiger partial charge in [0.25, 0.3) is 5.22 Å². The lowest BCUT2D eigenvalue weighted by Crippen LogP contribution is -1.80. The topological polar surface area (TPSA) is 51.8 Å². The van der Waals surface area contributed by atoms with Crippen molar-refractivity contribution >= 4 is 27.7 Å². The summed E-state index contributed by atoms with van der Waals surface area (Å²) in [7, 11) is 0. The van der Waals surface area contributed by atoms with Crippen LogP contribution in [0.1, 0.15) is 5.56 Å². The van der Waals surface area contributed by atoms with E-state index in [0.29, 0.717) is 11.1 Å². The van der Waals surface area contributed by atoms with E-state index in [4.69, 9.17) is 4.42 Å². The zero-order chi connectivity index (χ0) is 13.8. The molecule has 0 spiro atoms. The smallest absolute Gasteiger partial charge is 0.277 e. The van der Waals surface area contributed by atoms with Gasteiger partial charge in [-0.15, -0.1) is 10.2 Å². The number of hydrogen-bond donors (Lipinski definition) is 0. The lowest BCUT2D eigenvalue weighted by Gasteiger charge is -1.98. The molecule has 0 bridgehead atoms. The normalized spacial score (nSPS) is 10.7. The van der Waals surface area contributed by atoms with Crippen LogP contribution in [-0.4, -0.2) is 15.2 Å². The van der Waals surface area contributed by atoms with Crippen LogP contribution < -0.4 is 0 Å². The van der Waals surface area contributed by atoms with Gasteiger partial charge in [0.05, 0.1) is 5.56 Å². The number of pyridine rings is 1. The first-order valence-corrected chi connectivity index (χ1v) is 7.70. The van der Waals surface area contributed by atoms with E-state index in [9.17, 15) is 0 Å². The Labute approximate surface area is 128 Å². The molecule has 6 heteroatoms.